The predicted octanol–water partition coefficient (Wildman–Crippen LogP) is 3.65. The van der Waals surface area contributed by atoms with Crippen LogP contribution in [0.5, 0.6) is 5.75 Å². The van der Waals surface area contributed by atoms with Gasteiger partial charge >= 0.3 is 0 Å². The Labute approximate surface area is 184 Å². The van der Waals surface area contributed by atoms with Gasteiger partial charge in [-0.15, -0.1) is 0 Å². The molecule has 2 aliphatic heterocycles. The summed E-state index contributed by atoms with van der Waals surface area (Å²) in [4.78, 5) is 13.0. The van der Waals surface area contributed by atoms with Crippen molar-refractivity contribution in [2.75, 3.05) is 13.1 Å². The number of benzene rings is 2. The smallest absolute Gasteiger partial charge is 0.223 e. The minimum Gasteiger partial charge on any atom is -0.487 e. The van der Waals surface area contributed by atoms with E-state index in [-0.39, 0.29) is 29.2 Å². The number of amides is 1. The number of carbonyl (C=O) groups is 1. The summed E-state index contributed by atoms with van der Waals surface area (Å²) in [7, 11) is -3.38. The maximum Gasteiger partial charge on any atom is 0.223 e. The molecule has 0 unspecified atom stereocenters. The lowest BCUT2D eigenvalue weighted by molar-refractivity contribution is -0.127. The molecule has 0 bridgehead atoms. The van der Waals surface area contributed by atoms with E-state index in [4.69, 9.17) is 4.74 Å². The molecule has 31 heavy (non-hydrogen) atoms. The van der Waals surface area contributed by atoms with Crippen LogP contribution in [0.1, 0.15) is 50.3 Å². The van der Waals surface area contributed by atoms with Crippen LogP contribution in [0.15, 0.2) is 54.6 Å². The Kier molecular flexibility index (Phi) is 6.08. The van der Waals surface area contributed by atoms with Gasteiger partial charge in [0.05, 0.1) is 11.8 Å². The van der Waals surface area contributed by atoms with E-state index in [0.717, 1.165) is 16.9 Å². The molecule has 1 fully saturated rings. The number of rotatable bonds is 5. The maximum atomic E-state index is 13.0. The fourth-order valence-corrected chi connectivity index (χ4v) is 6.06. The average molecular weight is 443 g/mol. The van der Waals surface area contributed by atoms with Gasteiger partial charge in [-0.2, -0.15) is 0 Å². The fourth-order valence-electron chi connectivity index (χ4n) is 4.49. The molecule has 166 valence electrons. The average Bonchev–Trinajstić information content (AvgIpc) is 2.73. The van der Waals surface area contributed by atoms with Crippen molar-refractivity contribution in [2.24, 2.45) is 5.92 Å². The third-order valence-corrected chi connectivity index (χ3v) is 7.95. The summed E-state index contributed by atoms with van der Waals surface area (Å²) in [5.74, 6) is 0.628. The fraction of sp³-hybridized carbons (Fsp3) is 0.458. The first-order valence-electron chi connectivity index (χ1n) is 10.8. The number of hydrogen-bond donors (Lipinski definition) is 1. The number of sulfonamides is 1. The number of nitrogens with one attached hydrogen (secondary N) is 1. The Morgan fingerprint density at radius 1 is 1.06 bits per heavy atom. The van der Waals surface area contributed by atoms with Crippen LogP contribution < -0.4 is 10.1 Å². The van der Waals surface area contributed by atoms with E-state index in [0.29, 0.717) is 32.4 Å². The van der Waals surface area contributed by atoms with Crippen LogP contribution in [0.2, 0.25) is 0 Å². The monoisotopic (exact) mass is 442 g/mol. The molecule has 6 nitrogen and oxygen atoms in total. The second-order valence-corrected chi connectivity index (χ2v) is 11.0. The van der Waals surface area contributed by atoms with Gasteiger partial charge in [-0.3, -0.25) is 4.79 Å². The number of piperidine rings is 1. The van der Waals surface area contributed by atoms with E-state index in [2.05, 4.69) is 5.32 Å². The molecule has 0 saturated carbocycles. The van der Waals surface area contributed by atoms with Crippen molar-refractivity contribution in [1.82, 2.24) is 9.62 Å². The quantitative estimate of drug-likeness (QED) is 0.767. The van der Waals surface area contributed by atoms with Gasteiger partial charge in [0.2, 0.25) is 15.9 Å². The maximum absolute atomic E-state index is 13.0. The van der Waals surface area contributed by atoms with Gasteiger partial charge in [-0.1, -0.05) is 48.5 Å². The molecule has 0 aliphatic carbocycles. The second kappa shape index (κ2) is 8.63. The van der Waals surface area contributed by atoms with Crippen molar-refractivity contribution in [1.29, 1.82) is 0 Å². The van der Waals surface area contributed by atoms with Crippen LogP contribution in [0.3, 0.4) is 0 Å². The predicted molar refractivity (Wildman–Crippen MR) is 120 cm³/mol. The molecule has 2 aromatic rings. The number of fused-ring (bicyclic) bond motifs is 1. The molecule has 1 amide bonds. The lowest BCUT2D eigenvalue weighted by Crippen LogP contribution is -2.46. The van der Waals surface area contributed by atoms with Gasteiger partial charge in [-0.25, -0.2) is 12.7 Å². The Morgan fingerprint density at radius 3 is 2.42 bits per heavy atom. The van der Waals surface area contributed by atoms with Crippen molar-refractivity contribution >= 4 is 15.9 Å². The molecule has 2 heterocycles. The molecule has 7 heteroatoms. The highest BCUT2D eigenvalue weighted by molar-refractivity contribution is 7.88. The first-order chi connectivity index (χ1) is 14.7. The number of ether oxygens (including phenoxy) is 1. The summed E-state index contributed by atoms with van der Waals surface area (Å²) >= 11 is 0. The standard InChI is InChI=1S/C24H30N2O4S/c1-24(2)16-21(20-10-6-7-11-22(20)30-24)25-23(27)19-12-14-26(15-13-19)31(28,29)17-18-8-4-3-5-9-18/h3-11,19,21H,12-17H2,1-2H3,(H,25,27)/t21-/m1/s1. The molecule has 0 radical (unpaired) electrons. The van der Waals surface area contributed by atoms with E-state index in [1.807, 2.05) is 68.4 Å². The molecule has 2 aromatic carbocycles. The first-order valence-corrected chi connectivity index (χ1v) is 12.4. The Morgan fingerprint density at radius 2 is 1.71 bits per heavy atom. The Balaban J connectivity index is 1.37. The summed E-state index contributed by atoms with van der Waals surface area (Å²) in [6, 6.07) is 16.9. The highest BCUT2D eigenvalue weighted by atomic mass is 32.2. The zero-order chi connectivity index (χ0) is 22.1. The molecule has 1 N–H and O–H groups in total. The number of hydrogen-bond acceptors (Lipinski definition) is 4. The van der Waals surface area contributed by atoms with E-state index >= 15 is 0 Å². The summed E-state index contributed by atoms with van der Waals surface area (Å²) in [6.07, 6.45) is 1.77. The molecular weight excluding hydrogens is 412 g/mol. The SMILES string of the molecule is CC1(C)C[C@@H](NC(=O)C2CCN(S(=O)(=O)Cc3ccccc3)CC2)c2ccccc2O1. The van der Waals surface area contributed by atoms with Crippen LogP contribution in [0, 0.1) is 5.92 Å². The van der Waals surface area contributed by atoms with Crippen molar-refractivity contribution in [3.05, 3.63) is 65.7 Å². The topological polar surface area (TPSA) is 75.7 Å². The van der Waals surface area contributed by atoms with Gasteiger partial charge in [0.25, 0.3) is 0 Å². The summed E-state index contributed by atoms with van der Waals surface area (Å²) in [5.41, 5.74) is 1.42. The lowest BCUT2D eigenvalue weighted by atomic mass is 9.88. The number of carbonyl (C=O) groups excluding carboxylic acids is 1. The van der Waals surface area contributed by atoms with Crippen molar-refractivity contribution < 1.29 is 17.9 Å². The molecule has 0 spiro atoms. The van der Waals surface area contributed by atoms with Crippen molar-refractivity contribution in [3.8, 4) is 5.75 Å². The molecule has 0 aromatic heterocycles. The molecular formula is C24H30N2O4S. The molecule has 1 atom stereocenters. The highest BCUT2D eigenvalue weighted by Crippen LogP contribution is 2.39. The molecule has 1 saturated heterocycles. The van der Waals surface area contributed by atoms with Crippen LogP contribution in [0.4, 0.5) is 0 Å². The van der Waals surface area contributed by atoms with Gasteiger partial charge < -0.3 is 10.1 Å². The van der Waals surface area contributed by atoms with Crippen molar-refractivity contribution in [3.63, 3.8) is 0 Å². The van der Waals surface area contributed by atoms with Crippen LogP contribution in [-0.2, 0) is 20.6 Å². The summed E-state index contributed by atoms with van der Waals surface area (Å²) < 4.78 is 33.1. The minimum atomic E-state index is -3.38. The second-order valence-electron chi connectivity index (χ2n) is 9.08. The van der Waals surface area contributed by atoms with Gasteiger partial charge in [0.15, 0.2) is 0 Å². The normalized spacial score (nSPS) is 21.7. The summed E-state index contributed by atoms with van der Waals surface area (Å²) in [5, 5.41) is 3.21. The zero-order valence-corrected chi connectivity index (χ0v) is 18.9. The lowest BCUT2D eigenvalue weighted by Gasteiger charge is -2.39. The number of nitrogens with zero attached hydrogens (tertiary/aromatic N) is 1. The van der Waals surface area contributed by atoms with Gasteiger partial charge in [0.1, 0.15) is 11.4 Å². The van der Waals surface area contributed by atoms with E-state index in [1.165, 1.54) is 4.31 Å². The van der Waals surface area contributed by atoms with E-state index in [9.17, 15) is 13.2 Å². The Hall–Kier alpha value is -2.38. The van der Waals surface area contributed by atoms with Crippen LogP contribution in [-0.4, -0.2) is 37.3 Å². The Bertz CT molecular complexity index is 1030. The highest BCUT2D eigenvalue weighted by Gasteiger charge is 2.37. The summed E-state index contributed by atoms with van der Waals surface area (Å²) in [6.45, 7) is 4.81. The van der Waals surface area contributed by atoms with E-state index in [1.54, 1.807) is 0 Å². The van der Waals surface area contributed by atoms with E-state index < -0.39 is 10.0 Å². The first kappa shape index (κ1) is 21.8. The third kappa shape index (κ3) is 5.10. The number of para-hydroxylation sites is 1. The van der Waals surface area contributed by atoms with Crippen molar-refractivity contribution in [2.45, 2.75) is 50.5 Å². The molecule has 4 rings (SSSR count). The zero-order valence-electron chi connectivity index (χ0n) is 18.1. The van der Waals surface area contributed by atoms with Gasteiger partial charge in [0, 0.05) is 31.0 Å². The third-order valence-electron chi connectivity index (χ3n) is 6.10. The molecule has 2 aliphatic rings. The minimum absolute atomic E-state index is 0.00135. The largest absolute Gasteiger partial charge is 0.487 e. The van der Waals surface area contributed by atoms with Gasteiger partial charge in [-0.05, 0) is 38.3 Å². The van der Waals surface area contributed by atoms with Crippen LogP contribution in [0.25, 0.3) is 0 Å². The van der Waals surface area contributed by atoms with Crippen LogP contribution >= 0.6 is 0 Å².